The van der Waals surface area contributed by atoms with Gasteiger partial charge in [0.1, 0.15) is 11.9 Å². The highest BCUT2D eigenvalue weighted by Gasteiger charge is 2.24. The second kappa shape index (κ2) is 8.43. The minimum atomic E-state index is -0.274. The lowest BCUT2D eigenvalue weighted by Crippen LogP contribution is -2.21. The van der Waals surface area contributed by atoms with E-state index in [1.54, 1.807) is 25.3 Å². The lowest BCUT2D eigenvalue weighted by Gasteiger charge is -2.24. The number of hydrogen-bond acceptors (Lipinski definition) is 7. The summed E-state index contributed by atoms with van der Waals surface area (Å²) in [5.74, 6) is 1.71. The Morgan fingerprint density at radius 3 is 2.75 bits per heavy atom. The molecule has 2 aromatic heterocycles. The lowest BCUT2D eigenvalue weighted by molar-refractivity contribution is -0.00116. The lowest BCUT2D eigenvalue weighted by atomic mass is 10.1. The van der Waals surface area contributed by atoms with Gasteiger partial charge in [-0.1, -0.05) is 17.3 Å². The Bertz CT molecular complexity index is 1240. The van der Waals surface area contributed by atoms with Crippen molar-refractivity contribution in [2.45, 2.75) is 26.2 Å². The summed E-state index contributed by atoms with van der Waals surface area (Å²) in [6.07, 6.45) is -0.203. The van der Waals surface area contributed by atoms with Crippen molar-refractivity contribution in [1.29, 1.82) is 0 Å². The molecule has 1 aliphatic heterocycles. The van der Waals surface area contributed by atoms with Crippen LogP contribution >= 0.6 is 0 Å². The summed E-state index contributed by atoms with van der Waals surface area (Å²) in [5, 5.41) is 8.72. The SMILES string of the molecule is CCOc1cc(-c2noc(-c3cc4n(n3)C[C@@H](c3ccc(F)cc3)OC4)n2)ccc1OC. The average molecular weight is 436 g/mol. The molecule has 0 aliphatic carbocycles. The minimum absolute atomic E-state index is 0.203. The highest BCUT2D eigenvalue weighted by atomic mass is 19.1. The summed E-state index contributed by atoms with van der Waals surface area (Å²) >= 11 is 0. The molecule has 0 spiro atoms. The molecule has 5 rings (SSSR count). The predicted molar refractivity (Wildman–Crippen MR) is 113 cm³/mol. The maximum absolute atomic E-state index is 13.2. The third-order valence-corrected chi connectivity index (χ3v) is 5.24. The molecule has 0 saturated heterocycles. The van der Waals surface area contributed by atoms with Gasteiger partial charge in [0, 0.05) is 5.56 Å². The van der Waals surface area contributed by atoms with Gasteiger partial charge in [-0.05, 0) is 48.9 Å². The highest BCUT2D eigenvalue weighted by molar-refractivity contribution is 5.62. The third-order valence-electron chi connectivity index (χ3n) is 5.24. The molecule has 32 heavy (non-hydrogen) atoms. The van der Waals surface area contributed by atoms with Gasteiger partial charge in [-0.25, -0.2) is 4.39 Å². The summed E-state index contributed by atoms with van der Waals surface area (Å²) in [5.41, 5.74) is 3.12. The number of benzene rings is 2. The maximum atomic E-state index is 13.2. The zero-order valence-corrected chi connectivity index (χ0v) is 17.6. The summed E-state index contributed by atoms with van der Waals surface area (Å²) < 4.78 is 37.4. The first-order valence-corrected chi connectivity index (χ1v) is 10.2. The molecule has 1 aliphatic rings. The molecule has 3 heterocycles. The van der Waals surface area contributed by atoms with Gasteiger partial charge in [0.15, 0.2) is 17.2 Å². The van der Waals surface area contributed by atoms with Gasteiger partial charge in [-0.2, -0.15) is 10.1 Å². The molecule has 0 radical (unpaired) electrons. The van der Waals surface area contributed by atoms with E-state index in [4.69, 9.17) is 18.7 Å². The smallest absolute Gasteiger partial charge is 0.278 e. The van der Waals surface area contributed by atoms with Gasteiger partial charge in [0.25, 0.3) is 5.89 Å². The number of aromatic nitrogens is 4. The van der Waals surface area contributed by atoms with Gasteiger partial charge in [-0.15, -0.1) is 0 Å². The van der Waals surface area contributed by atoms with Crippen molar-refractivity contribution in [3.8, 4) is 34.5 Å². The number of fused-ring (bicyclic) bond motifs is 1. The zero-order valence-electron chi connectivity index (χ0n) is 17.6. The highest BCUT2D eigenvalue weighted by Crippen LogP contribution is 2.33. The summed E-state index contributed by atoms with van der Waals surface area (Å²) in [6.45, 7) is 3.31. The van der Waals surface area contributed by atoms with E-state index < -0.39 is 0 Å². The van der Waals surface area contributed by atoms with E-state index in [9.17, 15) is 4.39 Å². The second-order valence-corrected chi connectivity index (χ2v) is 7.28. The van der Waals surface area contributed by atoms with Crippen LogP contribution in [0.3, 0.4) is 0 Å². The van der Waals surface area contributed by atoms with Crippen LogP contribution in [0.5, 0.6) is 11.5 Å². The molecule has 0 fully saturated rings. The van der Waals surface area contributed by atoms with Crippen LogP contribution in [-0.4, -0.2) is 33.6 Å². The normalized spacial score (nSPS) is 15.4. The fraction of sp³-hybridized carbons (Fsp3) is 0.261. The van der Waals surface area contributed by atoms with Crippen LogP contribution in [0.4, 0.5) is 4.39 Å². The fourth-order valence-electron chi connectivity index (χ4n) is 3.64. The van der Waals surface area contributed by atoms with Crippen LogP contribution in [0, 0.1) is 5.82 Å². The molecule has 1 atom stereocenters. The monoisotopic (exact) mass is 436 g/mol. The molecule has 0 bridgehead atoms. The van der Waals surface area contributed by atoms with Crippen molar-refractivity contribution >= 4 is 0 Å². The average Bonchev–Trinajstić information content (AvgIpc) is 3.46. The van der Waals surface area contributed by atoms with Crippen LogP contribution in [0.15, 0.2) is 53.1 Å². The van der Waals surface area contributed by atoms with Crippen LogP contribution < -0.4 is 9.47 Å². The number of nitrogens with zero attached hydrogens (tertiary/aromatic N) is 4. The first-order valence-electron chi connectivity index (χ1n) is 10.2. The van der Waals surface area contributed by atoms with Gasteiger partial charge in [0.2, 0.25) is 5.82 Å². The van der Waals surface area contributed by atoms with E-state index in [2.05, 4.69) is 15.2 Å². The minimum Gasteiger partial charge on any atom is -0.493 e. The van der Waals surface area contributed by atoms with Crippen molar-refractivity contribution in [3.05, 3.63) is 65.6 Å². The topological polar surface area (TPSA) is 84.4 Å². The molecule has 0 unspecified atom stereocenters. The van der Waals surface area contributed by atoms with Crippen molar-refractivity contribution in [1.82, 2.24) is 19.9 Å². The zero-order chi connectivity index (χ0) is 22.1. The molecule has 0 N–H and O–H groups in total. The quantitative estimate of drug-likeness (QED) is 0.442. The molecule has 4 aromatic rings. The van der Waals surface area contributed by atoms with E-state index in [0.717, 1.165) is 16.8 Å². The van der Waals surface area contributed by atoms with Gasteiger partial charge in [0.05, 0.1) is 32.6 Å². The predicted octanol–water partition coefficient (Wildman–Crippen LogP) is 4.42. The number of halogens is 1. The third kappa shape index (κ3) is 3.82. The first kappa shape index (κ1) is 20.2. The summed E-state index contributed by atoms with van der Waals surface area (Å²) in [7, 11) is 1.59. The maximum Gasteiger partial charge on any atom is 0.278 e. The van der Waals surface area contributed by atoms with E-state index in [-0.39, 0.29) is 11.9 Å². The van der Waals surface area contributed by atoms with Crippen molar-refractivity contribution in [2.75, 3.05) is 13.7 Å². The first-order chi connectivity index (χ1) is 15.6. The van der Waals surface area contributed by atoms with E-state index >= 15 is 0 Å². The Morgan fingerprint density at radius 1 is 1.12 bits per heavy atom. The number of ether oxygens (including phenoxy) is 3. The Hall–Kier alpha value is -3.72. The van der Waals surface area contributed by atoms with Crippen LogP contribution in [0.2, 0.25) is 0 Å². The van der Waals surface area contributed by atoms with Crippen LogP contribution in [0.1, 0.15) is 24.3 Å². The molecule has 9 heteroatoms. The van der Waals surface area contributed by atoms with Crippen molar-refractivity contribution in [3.63, 3.8) is 0 Å². The molecular formula is C23H21FN4O4. The Labute approximate surface area is 183 Å². The van der Waals surface area contributed by atoms with E-state index in [0.29, 0.717) is 48.7 Å². The molecule has 2 aromatic carbocycles. The number of hydrogen-bond donors (Lipinski definition) is 0. The largest absolute Gasteiger partial charge is 0.493 e. The van der Waals surface area contributed by atoms with Crippen molar-refractivity contribution < 1.29 is 23.1 Å². The van der Waals surface area contributed by atoms with Gasteiger partial charge in [-0.3, -0.25) is 4.68 Å². The van der Waals surface area contributed by atoms with Gasteiger partial charge < -0.3 is 18.7 Å². The Kier molecular flexibility index (Phi) is 5.32. The second-order valence-electron chi connectivity index (χ2n) is 7.28. The van der Waals surface area contributed by atoms with E-state index in [1.165, 1.54) is 12.1 Å². The van der Waals surface area contributed by atoms with Crippen molar-refractivity contribution in [2.24, 2.45) is 0 Å². The number of methoxy groups -OCH3 is 1. The van der Waals surface area contributed by atoms with E-state index in [1.807, 2.05) is 29.8 Å². The molecule has 8 nitrogen and oxygen atoms in total. The van der Waals surface area contributed by atoms with Crippen LogP contribution in [0.25, 0.3) is 23.0 Å². The fourth-order valence-corrected chi connectivity index (χ4v) is 3.64. The Morgan fingerprint density at radius 2 is 1.97 bits per heavy atom. The molecular weight excluding hydrogens is 415 g/mol. The summed E-state index contributed by atoms with van der Waals surface area (Å²) in [6, 6.07) is 13.6. The van der Waals surface area contributed by atoms with Crippen LogP contribution in [-0.2, 0) is 17.9 Å². The molecule has 164 valence electrons. The van der Waals surface area contributed by atoms with Gasteiger partial charge >= 0.3 is 0 Å². The molecule has 0 saturated carbocycles. The standard InChI is InChI=1S/C23H21FN4O4/c1-3-30-20-10-15(6-9-19(20)29-2)22-25-23(32-27-22)18-11-17-13-31-21(12-28(17)26-18)14-4-7-16(24)8-5-14/h4-11,21H,3,12-13H2,1-2H3/t21-/m0/s1. The number of rotatable bonds is 6. The molecule has 0 amide bonds. The Balaban J connectivity index is 1.38. The summed E-state index contributed by atoms with van der Waals surface area (Å²) in [4.78, 5) is 4.51.